The second-order valence-electron chi connectivity index (χ2n) is 4.23. The van der Waals surface area contributed by atoms with Gasteiger partial charge in [-0.25, -0.2) is 0 Å². The first-order valence-corrected chi connectivity index (χ1v) is 5.29. The van der Waals surface area contributed by atoms with Crippen LogP contribution in [0.2, 0.25) is 0 Å². The molecule has 108 valence electrons. The fraction of sp³-hybridized carbons (Fsp3) is 0.250. The van der Waals surface area contributed by atoms with E-state index in [0.717, 1.165) is 16.8 Å². The maximum atomic E-state index is 13.4. The zero-order valence-electron chi connectivity index (χ0n) is 9.93. The van der Waals surface area contributed by atoms with Gasteiger partial charge in [0.1, 0.15) is 0 Å². The minimum atomic E-state index is -4.63. The molecular formula is C12H7F6NO. The molecule has 8 heteroatoms. The molecule has 0 aliphatic heterocycles. The summed E-state index contributed by atoms with van der Waals surface area (Å²) in [4.78, 5) is 10.3. The molecule has 0 aliphatic rings. The predicted octanol–water partition coefficient (Wildman–Crippen LogP) is 3.79. The molecule has 0 atom stereocenters. The van der Waals surface area contributed by atoms with Crippen LogP contribution in [0, 0.1) is 0 Å². The predicted molar refractivity (Wildman–Crippen MR) is 57.9 cm³/mol. The van der Waals surface area contributed by atoms with E-state index in [9.17, 15) is 31.1 Å². The van der Waals surface area contributed by atoms with E-state index >= 15 is 0 Å². The summed E-state index contributed by atoms with van der Waals surface area (Å²) in [6.45, 7) is 0. The number of aromatic nitrogens is 1. The quantitative estimate of drug-likeness (QED) is 0.610. The van der Waals surface area contributed by atoms with E-state index in [1.807, 2.05) is 0 Å². The Balaban J connectivity index is 2.71. The molecule has 0 saturated carbocycles. The Bertz CT molecular complexity index is 685. The second-order valence-corrected chi connectivity index (χ2v) is 4.23. The zero-order chi connectivity index (χ0) is 15.3. The minimum absolute atomic E-state index is 0.171. The molecule has 0 spiro atoms. The summed E-state index contributed by atoms with van der Waals surface area (Å²) in [5, 5.41) is -0.309. The molecule has 0 amide bonds. The molecule has 2 aromatic rings. The van der Waals surface area contributed by atoms with Crippen LogP contribution in [0.4, 0.5) is 26.3 Å². The highest BCUT2D eigenvalue weighted by molar-refractivity contribution is 5.91. The lowest BCUT2D eigenvalue weighted by atomic mass is 10.1. The van der Waals surface area contributed by atoms with Gasteiger partial charge in [0.25, 0.3) is 0 Å². The van der Waals surface area contributed by atoms with Crippen molar-refractivity contribution in [3.8, 4) is 0 Å². The van der Waals surface area contributed by atoms with Crippen LogP contribution in [0.3, 0.4) is 0 Å². The van der Waals surface area contributed by atoms with Gasteiger partial charge >= 0.3 is 18.1 Å². The van der Waals surface area contributed by atoms with Gasteiger partial charge in [0, 0.05) is 24.1 Å². The largest absolute Gasteiger partial charge is 0.416 e. The van der Waals surface area contributed by atoms with Gasteiger partial charge < -0.3 is 4.57 Å². The lowest BCUT2D eigenvalue weighted by Crippen LogP contribution is -2.21. The van der Waals surface area contributed by atoms with Gasteiger partial charge in [0.2, 0.25) is 0 Å². The highest BCUT2D eigenvalue weighted by atomic mass is 19.4. The summed E-state index contributed by atoms with van der Waals surface area (Å²) in [6.07, 6.45) is -3.89. The van der Waals surface area contributed by atoms with Gasteiger partial charge in [0.15, 0.2) is 0 Å². The van der Waals surface area contributed by atoms with Gasteiger partial charge in [-0.2, -0.15) is 26.3 Å². The van der Waals surface area contributed by atoms with E-state index in [4.69, 9.17) is 0 Å². The SMILES string of the molecule is Cn1cc(C(F)(F)C(=O)F)c2ccc(C(F)(F)F)cc21. The highest BCUT2D eigenvalue weighted by Crippen LogP contribution is 2.38. The van der Waals surface area contributed by atoms with E-state index in [2.05, 4.69) is 0 Å². The molecule has 0 N–H and O–H groups in total. The first kappa shape index (κ1) is 14.4. The lowest BCUT2D eigenvalue weighted by molar-refractivity contribution is -0.156. The number of rotatable bonds is 2. The molecule has 0 saturated heterocycles. The van der Waals surface area contributed by atoms with Crippen LogP contribution >= 0.6 is 0 Å². The molecule has 0 radical (unpaired) electrons. The van der Waals surface area contributed by atoms with Crippen LogP contribution in [0.25, 0.3) is 10.9 Å². The van der Waals surface area contributed by atoms with Crippen LogP contribution < -0.4 is 0 Å². The van der Waals surface area contributed by atoms with E-state index in [1.165, 1.54) is 7.05 Å². The second kappa shape index (κ2) is 4.26. The lowest BCUT2D eigenvalue weighted by Gasteiger charge is -2.10. The average Bonchev–Trinajstić information content (AvgIpc) is 2.66. The van der Waals surface area contributed by atoms with Crippen molar-refractivity contribution in [1.29, 1.82) is 0 Å². The third kappa shape index (κ3) is 2.14. The molecular weight excluding hydrogens is 288 g/mol. The average molecular weight is 295 g/mol. The van der Waals surface area contributed by atoms with Crippen LogP contribution in [-0.4, -0.2) is 10.6 Å². The van der Waals surface area contributed by atoms with Crippen molar-refractivity contribution in [3.05, 3.63) is 35.5 Å². The minimum Gasteiger partial charge on any atom is -0.350 e. The van der Waals surface area contributed by atoms with E-state index < -0.39 is 29.3 Å². The Morgan fingerprint density at radius 1 is 1.15 bits per heavy atom. The molecule has 0 aliphatic carbocycles. The maximum Gasteiger partial charge on any atom is 0.416 e. The topological polar surface area (TPSA) is 22.0 Å². The zero-order valence-corrected chi connectivity index (χ0v) is 9.93. The van der Waals surface area contributed by atoms with Crippen molar-refractivity contribution < 1.29 is 31.1 Å². The van der Waals surface area contributed by atoms with Crippen molar-refractivity contribution in [3.63, 3.8) is 0 Å². The van der Waals surface area contributed by atoms with Gasteiger partial charge in [0.05, 0.1) is 11.1 Å². The molecule has 0 unspecified atom stereocenters. The summed E-state index contributed by atoms with van der Waals surface area (Å²) in [5.74, 6) is -4.39. The summed E-state index contributed by atoms with van der Waals surface area (Å²) < 4.78 is 77.8. The number of carbonyl (C=O) groups is 1. The van der Waals surface area contributed by atoms with Gasteiger partial charge in [-0.3, -0.25) is 4.79 Å². The van der Waals surface area contributed by atoms with Gasteiger partial charge in [-0.05, 0) is 12.1 Å². The Labute approximate surface area is 108 Å². The molecule has 2 rings (SSSR count). The van der Waals surface area contributed by atoms with Gasteiger partial charge in [-0.1, -0.05) is 6.07 Å². The van der Waals surface area contributed by atoms with Crippen molar-refractivity contribution in [2.45, 2.75) is 12.1 Å². The standard InChI is InChI=1S/C12H7F6NO/c1-19-5-8(11(14,15)10(13)20)7-3-2-6(4-9(7)19)12(16,17)18/h2-5H,1H3. The Kier molecular flexibility index (Phi) is 3.07. The molecule has 0 fully saturated rings. The van der Waals surface area contributed by atoms with Crippen molar-refractivity contribution in [2.75, 3.05) is 0 Å². The Hall–Kier alpha value is -1.99. The first-order chi connectivity index (χ1) is 9.05. The number of fused-ring (bicyclic) bond motifs is 1. The number of benzene rings is 1. The maximum absolute atomic E-state index is 13.4. The summed E-state index contributed by atoms with van der Waals surface area (Å²) in [7, 11) is 1.23. The van der Waals surface area contributed by atoms with Crippen LogP contribution in [0.5, 0.6) is 0 Å². The van der Waals surface area contributed by atoms with Crippen molar-refractivity contribution >= 4 is 16.9 Å². The number of nitrogens with zero attached hydrogens (tertiary/aromatic N) is 1. The van der Waals surface area contributed by atoms with E-state index in [1.54, 1.807) is 0 Å². The van der Waals surface area contributed by atoms with Crippen LogP contribution in [0.15, 0.2) is 24.4 Å². The number of carbonyl (C=O) groups excluding carboxylic acids is 1. The molecule has 0 bridgehead atoms. The summed E-state index contributed by atoms with van der Waals surface area (Å²) in [5.41, 5.74) is -2.15. The van der Waals surface area contributed by atoms with Crippen molar-refractivity contribution in [1.82, 2.24) is 4.57 Å². The molecule has 1 heterocycles. The number of alkyl halides is 5. The molecule has 1 aromatic heterocycles. The van der Waals surface area contributed by atoms with Crippen LogP contribution in [0.1, 0.15) is 11.1 Å². The van der Waals surface area contributed by atoms with E-state index in [-0.39, 0.29) is 10.9 Å². The smallest absolute Gasteiger partial charge is 0.350 e. The monoisotopic (exact) mass is 295 g/mol. The fourth-order valence-electron chi connectivity index (χ4n) is 1.92. The first-order valence-electron chi connectivity index (χ1n) is 5.29. The normalized spacial score (nSPS) is 12.9. The number of hydrogen-bond acceptors (Lipinski definition) is 1. The van der Waals surface area contributed by atoms with Crippen molar-refractivity contribution in [2.24, 2.45) is 7.05 Å². The molecule has 2 nitrogen and oxygen atoms in total. The molecule has 20 heavy (non-hydrogen) atoms. The highest BCUT2D eigenvalue weighted by Gasteiger charge is 2.44. The number of hydrogen-bond donors (Lipinski definition) is 0. The number of halogens is 6. The summed E-state index contributed by atoms with van der Waals surface area (Å²) in [6, 6.07) is -0.794. The Morgan fingerprint density at radius 2 is 1.75 bits per heavy atom. The van der Waals surface area contributed by atoms with Crippen LogP contribution in [-0.2, 0) is 23.9 Å². The third-order valence-electron chi connectivity index (χ3n) is 2.90. The summed E-state index contributed by atoms with van der Waals surface area (Å²) >= 11 is 0. The Morgan fingerprint density at radius 3 is 2.25 bits per heavy atom. The molecule has 1 aromatic carbocycles. The third-order valence-corrected chi connectivity index (χ3v) is 2.90. The van der Waals surface area contributed by atoms with Gasteiger partial charge in [-0.15, -0.1) is 0 Å². The fourth-order valence-corrected chi connectivity index (χ4v) is 1.92. The van der Waals surface area contributed by atoms with E-state index in [0.29, 0.717) is 12.1 Å². The number of aryl methyl sites for hydroxylation is 1.